The fourth-order valence-electron chi connectivity index (χ4n) is 3.41. The van der Waals surface area contributed by atoms with Crippen molar-refractivity contribution in [1.29, 1.82) is 0 Å². The van der Waals surface area contributed by atoms with Gasteiger partial charge in [-0.2, -0.15) is 0 Å². The Morgan fingerprint density at radius 3 is 2.52 bits per heavy atom. The van der Waals surface area contributed by atoms with E-state index in [-0.39, 0.29) is 11.3 Å². The predicted molar refractivity (Wildman–Crippen MR) is 130 cm³/mol. The average Bonchev–Trinajstić information content (AvgIpc) is 3.15. The van der Waals surface area contributed by atoms with Crippen LogP contribution in [0.3, 0.4) is 0 Å². The molecule has 4 rings (SSSR count). The van der Waals surface area contributed by atoms with Gasteiger partial charge in [-0.05, 0) is 70.4 Å². The molecule has 0 N–H and O–H groups in total. The Balaban J connectivity index is 1.61. The van der Waals surface area contributed by atoms with Crippen molar-refractivity contribution in [3.05, 3.63) is 86.8 Å². The third kappa shape index (κ3) is 4.86. The maximum absolute atomic E-state index is 12.6. The van der Waals surface area contributed by atoms with Crippen LogP contribution >= 0.6 is 39.3 Å². The van der Waals surface area contributed by atoms with Crippen LogP contribution in [0.25, 0.3) is 0 Å². The second-order valence-electron chi connectivity index (χ2n) is 7.21. The Labute approximate surface area is 199 Å². The van der Waals surface area contributed by atoms with E-state index in [9.17, 15) is 4.79 Å². The van der Waals surface area contributed by atoms with E-state index in [0.717, 1.165) is 21.3 Å². The van der Waals surface area contributed by atoms with Gasteiger partial charge in [-0.3, -0.25) is 9.69 Å². The molecule has 1 aliphatic rings. The maximum Gasteiger partial charge on any atom is 0.238 e. The third-order valence-electron chi connectivity index (χ3n) is 5.01. The van der Waals surface area contributed by atoms with Crippen molar-refractivity contribution >= 4 is 50.9 Å². The number of amides is 1. The summed E-state index contributed by atoms with van der Waals surface area (Å²) in [5, 5.41) is 0.476. The molecule has 3 aromatic carbocycles. The van der Waals surface area contributed by atoms with Gasteiger partial charge in [0.25, 0.3) is 0 Å². The van der Waals surface area contributed by atoms with Crippen molar-refractivity contribution in [2.24, 2.45) is 0 Å². The smallest absolute Gasteiger partial charge is 0.238 e. The summed E-state index contributed by atoms with van der Waals surface area (Å²) in [6, 6.07) is 19.5. The van der Waals surface area contributed by atoms with Gasteiger partial charge in [-0.25, -0.2) is 0 Å². The number of rotatable bonds is 6. The standard InChI is InChI=1S/C24H21BrClNO3S/c1-15-3-5-16(6-4-15)13-30-23-20(25)11-17(12-21(23)29-2)24-27(22(28)14-31-24)19-9-7-18(26)8-10-19/h3-12,24H,13-14H2,1-2H3/t24-/m1/s1. The molecule has 0 spiro atoms. The number of aryl methyl sites for hydroxylation is 1. The second kappa shape index (κ2) is 9.55. The van der Waals surface area contributed by atoms with Gasteiger partial charge in [-0.15, -0.1) is 11.8 Å². The molecular formula is C24H21BrClNO3S. The van der Waals surface area contributed by atoms with E-state index in [0.29, 0.717) is 28.9 Å². The number of carbonyl (C=O) groups is 1. The molecule has 160 valence electrons. The molecule has 0 bridgehead atoms. The number of benzene rings is 3. The number of methoxy groups -OCH3 is 1. The predicted octanol–water partition coefficient (Wildman–Crippen LogP) is 6.78. The monoisotopic (exact) mass is 517 g/mol. The first-order valence-corrected chi connectivity index (χ1v) is 11.9. The Bertz CT molecular complexity index is 1090. The maximum atomic E-state index is 12.6. The molecule has 0 aliphatic carbocycles. The summed E-state index contributed by atoms with van der Waals surface area (Å²) < 4.78 is 12.5. The third-order valence-corrected chi connectivity index (χ3v) is 7.07. The van der Waals surface area contributed by atoms with Gasteiger partial charge in [0.1, 0.15) is 12.0 Å². The summed E-state index contributed by atoms with van der Waals surface area (Å²) in [5.41, 5.74) is 4.06. The molecule has 7 heteroatoms. The van der Waals surface area contributed by atoms with E-state index in [1.165, 1.54) is 5.56 Å². The van der Waals surface area contributed by atoms with Crippen LogP contribution in [-0.2, 0) is 11.4 Å². The number of halogens is 2. The number of anilines is 1. The minimum atomic E-state index is -0.162. The molecule has 0 saturated carbocycles. The highest BCUT2D eigenvalue weighted by atomic mass is 79.9. The fraction of sp³-hybridized carbons (Fsp3) is 0.208. The zero-order chi connectivity index (χ0) is 22.0. The van der Waals surface area contributed by atoms with E-state index in [1.807, 2.05) is 24.3 Å². The number of ether oxygens (including phenoxy) is 2. The second-order valence-corrected chi connectivity index (χ2v) is 9.57. The lowest BCUT2D eigenvalue weighted by atomic mass is 10.1. The molecule has 1 amide bonds. The van der Waals surface area contributed by atoms with Gasteiger partial charge in [0.2, 0.25) is 5.91 Å². The van der Waals surface area contributed by atoms with Crippen molar-refractivity contribution in [1.82, 2.24) is 0 Å². The van der Waals surface area contributed by atoms with Crippen molar-refractivity contribution in [3.63, 3.8) is 0 Å². The quantitative estimate of drug-likeness (QED) is 0.361. The van der Waals surface area contributed by atoms with Crippen LogP contribution in [0, 0.1) is 6.92 Å². The van der Waals surface area contributed by atoms with Gasteiger partial charge in [0.05, 0.1) is 17.3 Å². The lowest BCUT2D eigenvalue weighted by Crippen LogP contribution is -2.27. The normalized spacial score (nSPS) is 15.9. The molecule has 0 radical (unpaired) electrons. The number of carbonyl (C=O) groups excluding carboxylic acids is 1. The molecule has 31 heavy (non-hydrogen) atoms. The van der Waals surface area contributed by atoms with E-state index in [4.69, 9.17) is 21.1 Å². The van der Waals surface area contributed by atoms with Gasteiger partial charge in [0, 0.05) is 10.7 Å². The van der Waals surface area contributed by atoms with Gasteiger partial charge >= 0.3 is 0 Å². The van der Waals surface area contributed by atoms with E-state index in [1.54, 1.807) is 35.9 Å². The molecule has 1 fully saturated rings. The topological polar surface area (TPSA) is 38.8 Å². The van der Waals surface area contributed by atoms with E-state index < -0.39 is 0 Å². The Morgan fingerprint density at radius 2 is 1.84 bits per heavy atom. The molecule has 1 heterocycles. The lowest BCUT2D eigenvalue weighted by Gasteiger charge is -2.25. The van der Waals surface area contributed by atoms with Crippen molar-refractivity contribution in [2.45, 2.75) is 18.9 Å². The minimum absolute atomic E-state index is 0.0621. The van der Waals surface area contributed by atoms with Crippen LogP contribution in [0.4, 0.5) is 5.69 Å². The minimum Gasteiger partial charge on any atom is -0.493 e. The highest BCUT2D eigenvalue weighted by Crippen LogP contribution is 2.46. The summed E-state index contributed by atoms with van der Waals surface area (Å²) in [4.78, 5) is 14.4. The summed E-state index contributed by atoms with van der Waals surface area (Å²) in [5.74, 6) is 1.73. The zero-order valence-electron chi connectivity index (χ0n) is 17.1. The lowest BCUT2D eigenvalue weighted by molar-refractivity contribution is -0.115. The van der Waals surface area contributed by atoms with E-state index in [2.05, 4.69) is 47.1 Å². The Hall–Kier alpha value is -2.15. The highest BCUT2D eigenvalue weighted by Gasteiger charge is 2.35. The molecule has 3 aromatic rings. The van der Waals surface area contributed by atoms with Gasteiger partial charge < -0.3 is 9.47 Å². The van der Waals surface area contributed by atoms with Crippen LogP contribution in [-0.4, -0.2) is 18.8 Å². The molecule has 4 nitrogen and oxygen atoms in total. The van der Waals surface area contributed by atoms with Gasteiger partial charge in [0.15, 0.2) is 11.5 Å². The SMILES string of the molecule is COc1cc([C@H]2SCC(=O)N2c2ccc(Cl)cc2)cc(Br)c1OCc1ccc(C)cc1. The molecule has 0 unspecified atom stereocenters. The van der Waals surface area contributed by atoms with Crippen LogP contribution in [0.5, 0.6) is 11.5 Å². The van der Waals surface area contributed by atoms with Crippen LogP contribution < -0.4 is 14.4 Å². The molecule has 1 saturated heterocycles. The summed E-state index contributed by atoms with van der Waals surface area (Å²) in [6.45, 7) is 2.49. The number of thioether (sulfide) groups is 1. The zero-order valence-corrected chi connectivity index (χ0v) is 20.3. The summed E-state index contributed by atoms with van der Waals surface area (Å²) >= 11 is 11.2. The molecule has 1 aliphatic heterocycles. The van der Waals surface area contributed by atoms with Crippen molar-refractivity contribution in [3.8, 4) is 11.5 Å². The Kier molecular flexibility index (Phi) is 6.80. The first kappa shape index (κ1) is 22.1. The van der Waals surface area contributed by atoms with Crippen LogP contribution in [0.15, 0.2) is 65.1 Å². The Morgan fingerprint density at radius 1 is 1.13 bits per heavy atom. The fourth-order valence-corrected chi connectivity index (χ4v) is 5.27. The summed E-state index contributed by atoms with van der Waals surface area (Å²) in [7, 11) is 1.62. The van der Waals surface area contributed by atoms with Crippen molar-refractivity contribution in [2.75, 3.05) is 17.8 Å². The molecule has 1 atom stereocenters. The van der Waals surface area contributed by atoms with Crippen LogP contribution in [0.2, 0.25) is 5.02 Å². The number of nitrogens with zero attached hydrogens (tertiary/aromatic N) is 1. The first-order valence-electron chi connectivity index (χ1n) is 9.71. The average molecular weight is 519 g/mol. The van der Waals surface area contributed by atoms with Crippen LogP contribution in [0.1, 0.15) is 22.1 Å². The van der Waals surface area contributed by atoms with E-state index >= 15 is 0 Å². The largest absolute Gasteiger partial charge is 0.493 e. The molecular weight excluding hydrogens is 498 g/mol. The highest BCUT2D eigenvalue weighted by molar-refractivity contribution is 9.10. The summed E-state index contributed by atoms with van der Waals surface area (Å²) in [6.07, 6.45) is 0. The number of hydrogen-bond acceptors (Lipinski definition) is 4. The van der Waals surface area contributed by atoms with Gasteiger partial charge in [-0.1, -0.05) is 41.4 Å². The molecule has 0 aromatic heterocycles. The van der Waals surface area contributed by atoms with Crippen molar-refractivity contribution < 1.29 is 14.3 Å². The first-order chi connectivity index (χ1) is 15.0. The number of hydrogen-bond donors (Lipinski definition) is 0.